The number of carbonyl (C=O) groups is 3. The molecule has 0 saturated heterocycles. The van der Waals surface area contributed by atoms with Crippen molar-refractivity contribution in [2.24, 2.45) is 5.73 Å². The smallest absolute Gasteiger partial charge is 0.326 e. The summed E-state index contributed by atoms with van der Waals surface area (Å²) in [7, 11) is 1.56. The number of nitrogens with zero attached hydrogens (tertiary/aromatic N) is 1. The lowest BCUT2D eigenvalue weighted by molar-refractivity contribution is -0.139. The first-order valence-corrected chi connectivity index (χ1v) is 5.30. The molecule has 7 heteroatoms. The van der Waals surface area contributed by atoms with E-state index in [4.69, 9.17) is 10.8 Å². The summed E-state index contributed by atoms with van der Waals surface area (Å²) in [5.41, 5.74) is 4.92. The van der Waals surface area contributed by atoms with Crippen molar-refractivity contribution < 1.29 is 19.5 Å². The highest BCUT2D eigenvalue weighted by atomic mass is 16.4. The predicted molar refractivity (Wildman–Crippen MR) is 61.3 cm³/mol. The lowest BCUT2D eigenvalue weighted by Crippen LogP contribution is -2.48. The number of nitrogens with one attached hydrogen (secondary N) is 1. The van der Waals surface area contributed by atoms with E-state index in [1.54, 1.807) is 20.9 Å². The highest BCUT2D eigenvalue weighted by Crippen LogP contribution is 2.00. The van der Waals surface area contributed by atoms with Gasteiger partial charge in [-0.25, -0.2) is 9.59 Å². The number of primary amides is 1. The summed E-state index contributed by atoms with van der Waals surface area (Å²) in [6.45, 7) is 3.61. The van der Waals surface area contributed by atoms with Crippen LogP contribution in [0.5, 0.6) is 0 Å². The van der Waals surface area contributed by atoms with Crippen molar-refractivity contribution in [3.8, 4) is 0 Å². The number of rotatable bonds is 6. The summed E-state index contributed by atoms with van der Waals surface area (Å²) in [5, 5.41) is 11.2. The van der Waals surface area contributed by atoms with Gasteiger partial charge in [0, 0.05) is 19.5 Å². The lowest BCUT2D eigenvalue weighted by atomic mass is 10.1. The molecule has 4 N–H and O–H groups in total. The van der Waals surface area contributed by atoms with Crippen LogP contribution in [0.1, 0.15) is 26.7 Å². The summed E-state index contributed by atoms with van der Waals surface area (Å²) in [6, 6.07) is -1.63. The topological polar surface area (TPSA) is 113 Å². The van der Waals surface area contributed by atoms with E-state index >= 15 is 0 Å². The Bertz CT molecular complexity index is 304. The Labute approximate surface area is 100.0 Å². The quantitative estimate of drug-likeness (QED) is 0.599. The standard InChI is InChI=1S/C10H19N3O4/c1-6(2)13(3)10(17)12-7(9(15)16)4-5-8(11)14/h6-7H,4-5H2,1-3H3,(H2,11,14)(H,12,17)(H,15,16)/t7-/m1/s1. The molecule has 98 valence electrons. The third-order valence-electron chi connectivity index (χ3n) is 2.37. The Kier molecular flexibility index (Phi) is 6.01. The molecule has 0 bridgehead atoms. The van der Waals surface area contributed by atoms with Crippen LogP contribution in [0, 0.1) is 0 Å². The molecule has 0 aliphatic rings. The van der Waals surface area contributed by atoms with E-state index in [0.29, 0.717) is 0 Å². The number of carboxylic acids is 1. The van der Waals surface area contributed by atoms with Gasteiger partial charge >= 0.3 is 12.0 Å². The number of aliphatic carboxylic acids is 1. The second-order valence-corrected chi connectivity index (χ2v) is 4.05. The Morgan fingerprint density at radius 2 is 1.88 bits per heavy atom. The summed E-state index contributed by atoms with van der Waals surface area (Å²) in [5.74, 6) is -1.78. The van der Waals surface area contributed by atoms with Crippen molar-refractivity contribution in [3.63, 3.8) is 0 Å². The third-order valence-corrected chi connectivity index (χ3v) is 2.37. The number of nitrogens with two attached hydrogens (primary N) is 1. The number of amides is 3. The monoisotopic (exact) mass is 245 g/mol. The maximum atomic E-state index is 11.6. The van der Waals surface area contributed by atoms with Crippen LogP contribution >= 0.6 is 0 Å². The van der Waals surface area contributed by atoms with Crippen LogP contribution in [0.25, 0.3) is 0 Å². The van der Waals surface area contributed by atoms with E-state index in [1.165, 1.54) is 4.90 Å². The average molecular weight is 245 g/mol. The lowest BCUT2D eigenvalue weighted by Gasteiger charge is -2.24. The number of carbonyl (C=O) groups excluding carboxylic acids is 2. The molecular weight excluding hydrogens is 226 g/mol. The molecule has 0 aliphatic carbocycles. The Balaban J connectivity index is 4.39. The molecule has 7 nitrogen and oxygen atoms in total. The predicted octanol–water partition coefficient (Wildman–Crippen LogP) is -0.245. The normalized spacial score (nSPS) is 12.0. The molecule has 0 radical (unpaired) electrons. The van der Waals surface area contributed by atoms with Gasteiger partial charge in [-0.15, -0.1) is 0 Å². The van der Waals surface area contributed by atoms with Gasteiger partial charge in [0.25, 0.3) is 0 Å². The summed E-state index contributed by atoms with van der Waals surface area (Å²) >= 11 is 0. The van der Waals surface area contributed by atoms with Crippen LogP contribution in [0.15, 0.2) is 0 Å². The fourth-order valence-electron chi connectivity index (χ4n) is 1.03. The zero-order chi connectivity index (χ0) is 13.6. The number of carboxylic acid groups (broad SMARTS) is 1. The first-order chi connectivity index (χ1) is 7.75. The van der Waals surface area contributed by atoms with E-state index in [1.807, 2.05) is 0 Å². The van der Waals surface area contributed by atoms with Crippen LogP contribution in [0.3, 0.4) is 0 Å². The molecule has 0 spiro atoms. The fourth-order valence-corrected chi connectivity index (χ4v) is 1.03. The molecule has 0 fully saturated rings. The zero-order valence-electron chi connectivity index (χ0n) is 10.3. The second-order valence-electron chi connectivity index (χ2n) is 4.05. The van der Waals surface area contributed by atoms with Gasteiger partial charge in [0.15, 0.2) is 0 Å². The van der Waals surface area contributed by atoms with Gasteiger partial charge in [-0.3, -0.25) is 4.79 Å². The molecule has 0 aromatic heterocycles. The highest BCUT2D eigenvalue weighted by Gasteiger charge is 2.22. The molecule has 0 unspecified atom stereocenters. The maximum Gasteiger partial charge on any atom is 0.326 e. The maximum absolute atomic E-state index is 11.6. The minimum atomic E-state index is -1.18. The van der Waals surface area contributed by atoms with Crippen molar-refractivity contribution in [1.82, 2.24) is 10.2 Å². The minimum Gasteiger partial charge on any atom is -0.480 e. The van der Waals surface area contributed by atoms with Crippen molar-refractivity contribution in [2.45, 2.75) is 38.8 Å². The molecule has 0 aromatic carbocycles. The first-order valence-electron chi connectivity index (χ1n) is 5.30. The van der Waals surface area contributed by atoms with E-state index in [2.05, 4.69) is 5.32 Å². The largest absolute Gasteiger partial charge is 0.480 e. The van der Waals surface area contributed by atoms with Gasteiger partial charge < -0.3 is 21.1 Å². The van der Waals surface area contributed by atoms with Crippen molar-refractivity contribution in [2.75, 3.05) is 7.05 Å². The third kappa shape index (κ3) is 5.74. The van der Waals surface area contributed by atoms with Gasteiger partial charge in [-0.05, 0) is 20.3 Å². The molecule has 0 rings (SSSR count). The first kappa shape index (κ1) is 15.2. The van der Waals surface area contributed by atoms with Crippen LogP contribution in [-0.2, 0) is 9.59 Å². The van der Waals surface area contributed by atoms with Gasteiger partial charge in [0.2, 0.25) is 5.91 Å². The molecule has 17 heavy (non-hydrogen) atoms. The fraction of sp³-hybridized carbons (Fsp3) is 0.700. The average Bonchev–Trinajstić information content (AvgIpc) is 2.21. The van der Waals surface area contributed by atoms with Gasteiger partial charge in [-0.2, -0.15) is 0 Å². The van der Waals surface area contributed by atoms with Crippen LogP contribution in [0.4, 0.5) is 4.79 Å². The summed E-state index contributed by atoms with van der Waals surface area (Å²) in [6.07, 6.45) is -0.0923. The molecule has 0 heterocycles. The van der Waals surface area contributed by atoms with E-state index in [9.17, 15) is 14.4 Å². The zero-order valence-corrected chi connectivity index (χ0v) is 10.3. The van der Waals surface area contributed by atoms with Crippen LogP contribution in [0.2, 0.25) is 0 Å². The van der Waals surface area contributed by atoms with Crippen molar-refractivity contribution in [1.29, 1.82) is 0 Å². The van der Waals surface area contributed by atoms with E-state index < -0.39 is 23.9 Å². The Morgan fingerprint density at radius 3 is 2.24 bits per heavy atom. The van der Waals surface area contributed by atoms with Crippen molar-refractivity contribution in [3.05, 3.63) is 0 Å². The molecule has 0 saturated carbocycles. The number of urea groups is 1. The highest BCUT2D eigenvalue weighted by molar-refractivity contribution is 5.83. The van der Waals surface area contributed by atoms with Crippen LogP contribution in [-0.4, -0.2) is 47.0 Å². The van der Waals surface area contributed by atoms with E-state index in [0.717, 1.165) is 0 Å². The van der Waals surface area contributed by atoms with Crippen molar-refractivity contribution >= 4 is 17.9 Å². The van der Waals surface area contributed by atoms with Gasteiger partial charge in [0.1, 0.15) is 6.04 Å². The van der Waals surface area contributed by atoms with E-state index in [-0.39, 0.29) is 18.9 Å². The molecular formula is C10H19N3O4. The van der Waals surface area contributed by atoms with Gasteiger partial charge in [-0.1, -0.05) is 0 Å². The van der Waals surface area contributed by atoms with Gasteiger partial charge in [0.05, 0.1) is 0 Å². The summed E-state index contributed by atoms with van der Waals surface area (Å²) < 4.78 is 0. The Hall–Kier alpha value is -1.79. The molecule has 1 atom stereocenters. The minimum absolute atomic E-state index is 0.0116. The Morgan fingerprint density at radius 1 is 1.35 bits per heavy atom. The van der Waals surface area contributed by atoms with Crippen LogP contribution < -0.4 is 11.1 Å². The second kappa shape index (κ2) is 6.72. The number of hydrogen-bond donors (Lipinski definition) is 3. The summed E-state index contributed by atoms with van der Waals surface area (Å²) in [4.78, 5) is 34.4. The SMILES string of the molecule is CC(C)N(C)C(=O)N[C@H](CCC(N)=O)C(=O)O. The number of hydrogen-bond acceptors (Lipinski definition) is 3. The molecule has 0 aromatic rings. The molecule has 0 aliphatic heterocycles. The molecule has 3 amide bonds.